The highest BCUT2D eigenvalue weighted by Gasteiger charge is 2.20. The van der Waals surface area contributed by atoms with Gasteiger partial charge in [-0.3, -0.25) is 9.59 Å². The number of nitrogens with one attached hydrogen (secondary N) is 1. The summed E-state index contributed by atoms with van der Waals surface area (Å²) in [6.07, 6.45) is 7.10. The molecule has 1 aromatic heterocycles. The van der Waals surface area contributed by atoms with E-state index in [2.05, 4.69) is 41.5 Å². The number of rotatable bonds is 4. The molecule has 0 saturated carbocycles. The molecule has 0 bridgehead atoms. The van der Waals surface area contributed by atoms with Gasteiger partial charge in [-0.25, -0.2) is 4.98 Å². The van der Waals surface area contributed by atoms with Crippen LogP contribution in [0.5, 0.6) is 0 Å². The normalized spacial score (nSPS) is 15.4. The Morgan fingerprint density at radius 2 is 2.07 bits per heavy atom. The van der Waals surface area contributed by atoms with Crippen molar-refractivity contribution in [2.75, 3.05) is 18.9 Å². The number of likely N-dealkylation sites (N-methyl/N-ethyl adjacent to an activating group) is 1. The first-order valence-corrected chi connectivity index (χ1v) is 9.50. The summed E-state index contributed by atoms with van der Waals surface area (Å²) < 4.78 is 0. The summed E-state index contributed by atoms with van der Waals surface area (Å²) in [5.74, 6) is 0.584. The number of pyridine rings is 1. The summed E-state index contributed by atoms with van der Waals surface area (Å²) in [4.78, 5) is 30.0. The fourth-order valence-corrected chi connectivity index (χ4v) is 3.79. The van der Waals surface area contributed by atoms with Crippen LogP contribution in [0.25, 0.3) is 11.6 Å². The van der Waals surface area contributed by atoms with Gasteiger partial charge < -0.3 is 10.2 Å². The number of benzene rings is 1. The Morgan fingerprint density at radius 1 is 1.25 bits per heavy atom. The maximum Gasteiger partial charge on any atom is 0.246 e. The molecule has 2 aliphatic rings. The van der Waals surface area contributed by atoms with Crippen molar-refractivity contribution in [3.8, 4) is 0 Å². The van der Waals surface area contributed by atoms with Crippen molar-refractivity contribution >= 4 is 29.3 Å². The number of fused-ring (bicyclic) bond motifs is 2. The number of anilines is 1. The summed E-state index contributed by atoms with van der Waals surface area (Å²) in [7, 11) is 1.83. The molecule has 0 atom stereocenters. The van der Waals surface area contributed by atoms with Crippen molar-refractivity contribution < 1.29 is 9.59 Å². The largest absolute Gasteiger partial charge is 0.338 e. The second-order valence-corrected chi connectivity index (χ2v) is 7.41. The number of carbonyl (C=O) groups is 2. The summed E-state index contributed by atoms with van der Waals surface area (Å²) in [5.41, 5.74) is 7.06. The Hall–Kier alpha value is -3.21. The average molecular weight is 373 g/mol. The second-order valence-electron chi connectivity index (χ2n) is 7.41. The molecule has 0 saturated heterocycles. The molecule has 1 aliphatic carbocycles. The fraction of sp³-hybridized carbons (Fsp3) is 0.261. The maximum atomic E-state index is 12.6. The van der Waals surface area contributed by atoms with Crippen molar-refractivity contribution in [2.24, 2.45) is 0 Å². The Bertz CT molecular complexity index is 1020. The molecule has 0 radical (unpaired) electrons. The van der Waals surface area contributed by atoms with Crippen LogP contribution in [0.3, 0.4) is 0 Å². The van der Waals surface area contributed by atoms with Gasteiger partial charge in [0.2, 0.25) is 11.8 Å². The van der Waals surface area contributed by atoms with Gasteiger partial charge in [0.05, 0.1) is 0 Å². The minimum atomic E-state index is -0.0396. The number of carbonyl (C=O) groups excluding carboxylic acids is 2. The van der Waals surface area contributed by atoms with Crippen LogP contribution in [0.2, 0.25) is 0 Å². The van der Waals surface area contributed by atoms with E-state index in [0.29, 0.717) is 25.2 Å². The fourth-order valence-electron chi connectivity index (χ4n) is 3.79. The third-order valence-corrected chi connectivity index (χ3v) is 5.45. The van der Waals surface area contributed by atoms with Crippen LogP contribution in [-0.2, 0) is 22.4 Å². The molecule has 1 aromatic carbocycles. The Balaban J connectivity index is 1.41. The zero-order chi connectivity index (χ0) is 19.7. The lowest BCUT2D eigenvalue weighted by Crippen LogP contribution is -2.27. The smallest absolute Gasteiger partial charge is 0.246 e. The van der Waals surface area contributed by atoms with Crippen LogP contribution in [0, 0.1) is 0 Å². The van der Waals surface area contributed by atoms with Crippen molar-refractivity contribution in [2.45, 2.75) is 26.2 Å². The van der Waals surface area contributed by atoms with Crippen molar-refractivity contribution in [1.82, 2.24) is 9.88 Å². The van der Waals surface area contributed by atoms with Crippen LogP contribution >= 0.6 is 0 Å². The first-order chi connectivity index (χ1) is 13.5. The lowest BCUT2D eigenvalue weighted by molar-refractivity contribution is -0.124. The molecule has 5 nitrogen and oxygen atoms in total. The minimum absolute atomic E-state index is 0.00115. The van der Waals surface area contributed by atoms with Gasteiger partial charge in [-0.2, -0.15) is 0 Å². The maximum absolute atomic E-state index is 12.6. The summed E-state index contributed by atoms with van der Waals surface area (Å²) in [5, 5.41) is 2.77. The molecule has 5 heteroatoms. The van der Waals surface area contributed by atoms with E-state index < -0.39 is 0 Å². The molecule has 4 rings (SSSR count). The Kier molecular flexibility index (Phi) is 4.82. The third kappa shape index (κ3) is 3.60. The van der Waals surface area contributed by atoms with Crippen LogP contribution in [0.15, 0.2) is 48.2 Å². The molecular weight excluding hydrogens is 350 g/mol. The van der Waals surface area contributed by atoms with Crippen LogP contribution in [-0.4, -0.2) is 35.3 Å². The van der Waals surface area contributed by atoms with E-state index in [1.54, 1.807) is 23.2 Å². The van der Waals surface area contributed by atoms with E-state index in [1.165, 1.54) is 22.3 Å². The quantitative estimate of drug-likeness (QED) is 0.835. The summed E-state index contributed by atoms with van der Waals surface area (Å²) in [6, 6.07) is 10.4. The van der Waals surface area contributed by atoms with E-state index in [9.17, 15) is 9.59 Å². The number of allylic oxidation sites excluding steroid dienone is 1. The van der Waals surface area contributed by atoms with E-state index in [0.717, 1.165) is 17.5 Å². The van der Waals surface area contributed by atoms with Crippen molar-refractivity contribution in [3.63, 3.8) is 0 Å². The van der Waals surface area contributed by atoms with Crippen LogP contribution < -0.4 is 5.32 Å². The zero-order valence-electron chi connectivity index (χ0n) is 16.2. The number of nitrogens with zero attached hydrogens (tertiary/aromatic N) is 2. The van der Waals surface area contributed by atoms with Gasteiger partial charge in [-0.1, -0.05) is 24.3 Å². The van der Waals surface area contributed by atoms with Gasteiger partial charge in [0.25, 0.3) is 0 Å². The molecule has 2 heterocycles. The zero-order valence-corrected chi connectivity index (χ0v) is 16.2. The first-order valence-electron chi connectivity index (χ1n) is 9.50. The molecule has 0 spiro atoms. The van der Waals surface area contributed by atoms with Crippen molar-refractivity contribution in [3.05, 3.63) is 70.4 Å². The number of aromatic nitrogens is 1. The number of hydrogen-bond donors (Lipinski definition) is 1. The summed E-state index contributed by atoms with van der Waals surface area (Å²) in [6.45, 7) is 2.76. The molecule has 1 aliphatic heterocycles. The highest BCUT2D eigenvalue weighted by molar-refractivity contribution is 5.94. The average Bonchev–Trinajstić information content (AvgIpc) is 3.01. The second kappa shape index (κ2) is 7.43. The van der Waals surface area contributed by atoms with Gasteiger partial charge in [-0.15, -0.1) is 0 Å². The molecule has 0 fully saturated rings. The number of hydrogen-bond acceptors (Lipinski definition) is 3. The van der Waals surface area contributed by atoms with Crippen LogP contribution in [0.1, 0.15) is 35.6 Å². The van der Waals surface area contributed by atoms with Gasteiger partial charge in [-0.05, 0) is 65.3 Å². The topological polar surface area (TPSA) is 62.3 Å². The van der Waals surface area contributed by atoms with E-state index >= 15 is 0 Å². The molecule has 1 N–H and O–H groups in total. The predicted octanol–water partition coefficient (Wildman–Crippen LogP) is 3.47. The van der Waals surface area contributed by atoms with E-state index in [1.807, 2.05) is 13.1 Å². The third-order valence-electron chi connectivity index (χ3n) is 5.45. The first kappa shape index (κ1) is 18.2. The van der Waals surface area contributed by atoms with Gasteiger partial charge in [0, 0.05) is 32.3 Å². The molecular formula is C23H23N3O2. The monoisotopic (exact) mass is 373 g/mol. The van der Waals surface area contributed by atoms with E-state index in [-0.39, 0.29) is 11.8 Å². The van der Waals surface area contributed by atoms with Crippen molar-refractivity contribution in [1.29, 1.82) is 0 Å². The Morgan fingerprint density at radius 3 is 2.89 bits per heavy atom. The lowest BCUT2D eigenvalue weighted by Gasteiger charge is -2.17. The van der Waals surface area contributed by atoms with E-state index in [4.69, 9.17) is 0 Å². The summed E-state index contributed by atoms with van der Waals surface area (Å²) >= 11 is 0. The standard InChI is InChI=1S/C23H23N3O2/c1-15-19(12-17-5-3-4-6-20(15)17)14-26(2)22(28)10-7-16-11-18-8-9-21(27)25-23(18)24-13-16/h3-7,10-11,13H,8-9,12,14H2,1-2H3,(H,24,25,27)/b10-7+. The van der Waals surface area contributed by atoms with Gasteiger partial charge >= 0.3 is 0 Å². The highest BCUT2D eigenvalue weighted by Crippen LogP contribution is 2.32. The number of amides is 2. The van der Waals surface area contributed by atoms with Crippen LogP contribution in [0.4, 0.5) is 5.82 Å². The molecule has 2 amide bonds. The minimum Gasteiger partial charge on any atom is -0.338 e. The SMILES string of the molecule is CC1=C(CN(C)C(=O)/C=C/c2cnc3c(c2)CCC(=O)N3)Cc2ccccc21. The predicted molar refractivity (Wildman–Crippen MR) is 111 cm³/mol. The molecule has 0 unspecified atom stereocenters. The van der Waals surface area contributed by atoms with Gasteiger partial charge in [0.15, 0.2) is 0 Å². The molecule has 2 aromatic rings. The molecule has 28 heavy (non-hydrogen) atoms. The number of aryl methyl sites for hydroxylation is 1. The Labute approximate surface area is 164 Å². The lowest BCUT2D eigenvalue weighted by atomic mass is 10.0. The van der Waals surface area contributed by atoms with Gasteiger partial charge in [0.1, 0.15) is 5.82 Å². The highest BCUT2D eigenvalue weighted by atomic mass is 16.2. The molecule has 142 valence electrons.